The summed E-state index contributed by atoms with van der Waals surface area (Å²) >= 11 is 11.1. The van der Waals surface area contributed by atoms with Crippen LogP contribution in [0.1, 0.15) is 27.9 Å². The molecule has 0 radical (unpaired) electrons. The Hall–Kier alpha value is -2.44. The van der Waals surface area contributed by atoms with Crippen molar-refractivity contribution in [2.45, 2.75) is 19.8 Å². The van der Waals surface area contributed by atoms with Gasteiger partial charge in [0.2, 0.25) is 5.91 Å². The van der Waals surface area contributed by atoms with Gasteiger partial charge in [-0.05, 0) is 48.8 Å². The van der Waals surface area contributed by atoms with Crippen LogP contribution >= 0.6 is 23.8 Å². The first-order valence-electron chi connectivity index (χ1n) is 7.66. The van der Waals surface area contributed by atoms with Crippen LogP contribution in [0.25, 0.3) is 0 Å². The Balaban J connectivity index is 1.76. The van der Waals surface area contributed by atoms with E-state index in [0.29, 0.717) is 17.0 Å². The monoisotopic (exact) mass is 375 g/mol. The molecule has 25 heavy (non-hydrogen) atoms. The largest absolute Gasteiger partial charge is 0.302 e. The third kappa shape index (κ3) is 5.85. The first-order valence-corrected chi connectivity index (χ1v) is 8.45. The Morgan fingerprint density at radius 2 is 1.72 bits per heavy atom. The highest BCUT2D eigenvalue weighted by atomic mass is 35.5. The van der Waals surface area contributed by atoms with Gasteiger partial charge in [0.05, 0.1) is 0 Å². The van der Waals surface area contributed by atoms with E-state index in [0.717, 1.165) is 11.1 Å². The van der Waals surface area contributed by atoms with Crippen LogP contribution < -0.4 is 16.2 Å². The number of carbonyl (C=O) groups is 2. The summed E-state index contributed by atoms with van der Waals surface area (Å²) in [6.45, 7) is 1.84. The minimum absolute atomic E-state index is 0.0334. The Bertz CT molecular complexity index is 795. The van der Waals surface area contributed by atoms with Gasteiger partial charge in [0, 0.05) is 17.0 Å². The molecule has 0 saturated carbocycles. The molecule has 2 aromatic rings. The molecule has 0 aliphatic rings. The number of hydrazine groups is 1. The fourth-order valence-electron chi connectivity index (χ4n) is 2.18. The molecule has 0 atom stereocenters. The molecule has 0 saturated heterocycles. The van der Waals surface area contributed by atoms with Gasteiger partial charge in [0.15, 0.2) is 5.11 Å². The number of halogens is 1. The number of benzene rings is 2. The third-order valence-corrected chi connectivity index (χ3v) is 4.08. The molecule has 0 aliphatic heterocycles. The van der Waals surface area contributed by atoms with E-state index in [1.54, 1.807) is 18.2 Å². The average Bonchev–Trinajstić information content (AvgIpc) is 2.59. The van der Waals surface area contributed by atoms with Crippen molar-refractivity contribution >= 4 is 40.7 Å². The zero-order valence-electron chi connectivity index (χ0n) is 13.6. The molecule has 0 aliphatic carbocycles. The van der Waals surface area contributed by atoms with E-state index in [1.165, 1.54) is 0 Å². The van der Waals surface area contributed by atoms with E-state index in [1.807, 2.05) is 37.3 Å². The normalized spacial score (nSPS) is 10.0. The second-order valence-electron chi connectivity index (χ2n) is 5.36. The maximum Gasteiger partial charge on any atom is 0.269 e. The quantitative estimate of drug-likeness (QED) is 0.567. The van der Waals surface area contributed by atoms with E-state index < -0.39 is 0 Å². The van der Waals surface area contributed by atoms with Gasteiger partial charge in [-0.3, -0.25) is 20.4 Å². The lowest BCUT2D eigenvalue weighted by atomic mass is 10.1. The van der Waals surface area contributed by atoms with Gasteiger partial charge >= 0.3 is 0 Å². The van der Waals surface area contributed by atoms with Gasteiger partial charge in [0.1, 0.15) is 0 Å². The van der Waals surface area contributed by atoms with E-state index in [-0.39, 0.29) is 23.3 Å². The van der Waals surface area contributed by atoms with Crippen molar-refractivity contribution in [1.29, 1.82) is 0 Å². The lowest BCUT2D eigenvalue weighted by molar-refractivity contribution is -0.119. The molecule has 130 valence electrons. The standard InChI is InChI=1S/C18H18ClN3O2S/c1-12-6-2-4-8-14(12)17(24)21-22-18(25)20-16(23)11-10-13-7-3-5-9-15(13)19/h2-9H,10-11H2,1H3,(H,21,24)(H2,20,22,23,25). The maximum absolute atomic E-state index is 12.0. The SMILES string of the molecule is Cc1ccccc1C(=O)NNC(=S)NC(=O)CCc1ccccc1Cl. The summed E-state index contributed by atoms with van der Waals surface area (Å²) in [5.41, 5.74) is 7.25. The molecule has 3 N–H and O–H groups in total. The third-order valence-electron chi connectivity index (χ3n) is 3.51. The highest BCUT2D eigenvalue weighted by Gasteiger charge is 2.10. The first-order chi connectivity index (χ1) is 12.0. The van der Waals surface area contributed by atoms with Gasteiger partial charge < -0.3 is 5.32 Å². The summed E-state index contributed by atoms with van der Waals surface area (Å²) in [5, 5.41) is 3.17. The number of hydrogen-bond donors (Lipinski definition) is 3. The smallest absolute Gasteiger partial charge is 0.269 e. The summed E-state index contributed by atoms with van der Waals surface area (Å²) in [6.07, 6.45) is 0.737. The predicted octanol–water partition coefficient (Wildman–Crippen LogP) is 2.92. The maximum atomic E-state index is 12.0. The van der Waals surface area contributed by atoms with Crippen LogP contribution in [0, 0.1) is 6.92 Å². The van der Waals surface area contributed by atoms with Crippen LogP contribution in [0.2, 0.25) is 5.02 Å². The van der Waals surface area contributed by atoms with Crippen LogP contribution in [-0.4, -0.2) is 16.9 Å². The van der Waals surface area contributed by atoms with E-state index in [9.17, 15) is 9.59 Å². The molecule has 0 aromatic heterocycles. The minimum atomic E-state index is -0.328. The topological polar surface area (TPSA) is 70.2 Å². The molecule has 2 aromatic carbocycles. The molecular weight excluding hydrogens is 358 g/mol. The molecular formula is C18H18ClN3O2S. The van der Waals surface area contributed by atoms with Crippen molar-refractivity contribution in [2.75, 3.05) is 0 Å². The van der Waals surface area contributed by atoms with Crippen LogP contribution in [0.3, 0.4) is 0 Å². The van der Waals surface area contributed by atoms with Crippen molar-refractivity contribution in [1.82, 2.24) is 16.2 Å². The number of nitrogens with one attached hydrogen (secondary N) is 3. The number of amides is 2. The predicted molar refractivity (Wildman–Crippen MR) is 102 cm³/mol. The zero-order chi connectivity index (χ0) is 18.2. The van der Waals surface area contributed by atoms with Crippen LogP contribution in [0.15, 0.2) is 48.5 Å². The number of carbonyl (C=O) groups excluding carboxylic acids is 2. The van der Waals surface area contributed by atoms with Crippen LogP contribution in [0.4, 0.5) is 0 Å². The molecule has 0 fully saturated rings. The van der Waals surface area contributed by atoms with Crippen LogP contribution in [-0.2, 0) is 11.2 Å². The number of aryl methyl sites for hydroxylation is 2. The Labute approximate surface area is 156 Å². The molecule has 0 bridgehead atoms. The van der Waals surface area contributed by atoms with E-state index in [2.05, 4.69) is 16.2 Å². The molecule has 0 heterocycles. The van der Waals surface area contributed by atoms with Crippen molar-refractivity contribution < 1.29 is 9.59 Å². The second kappa shape index (κ2) is 9.15. The van der Waals surface area contributed by atoms with Gasteiger partial charge in [-0.25, -0.2) is 0 Å². The molecule has 5 nitrogen and oxygen atoms in total. The van der Waals surface area contributed by atoms with E-state index >= 15 is 0 Å². The van der Waals surface area contributed by atoms with Crippen molar-refractivity contribution in [3.63, 3.8) is 0 Å². The summed E-state index contributed by atoms with van der Waals surface area (Å²) in [4.78, 5) is 24.0. The zero-order valence-corrected chi connectivity index (χ0v) is 15.2. The average molecular weight is 376 g/mol. The Morgan fingerprint density at radius 3 is 2.44 bits per heavy atom. The molecule has 7 heteroatoms. The van der Waals surface area contributed by atoms with Gasteiger partial charge in [0.25, 0.3) is 5.91 Å². The fourth-order valence-corrected chi connectivity index (χ4v) is 2.57. The summed E-state index contributed by atoms with van der Waals surface area (Å²) in [6, 6.07) is 14.5. The highest BCUT2D eigenvalue weighted by molar-refractivity contribution is 7.80. The lowest BCUT2D eigenvalue weighted by Crippen LogP contribution is -2.48. The number of thiocarbonyl (C=S) groups is 1. The molecule has 0 unspecified atom stereocenters. The highest BCUT2D eigenvalue weighted by Crippen LogP contribution is 2.16. The number of hydrogen-bond acceptors (Lipinski definition) is 3. The van der Waals surface area contributed by atoms with Gasteiger partial charge in [-0.15, -0.1) is 0 Å². The molecule has 2 amide bonds. The van der Waals surface area contributed by atoms with Crippen molar-refractivity contribution in [3.05, 3.63) is 70.2 Å². The van der Waals surface area contributed by atoms with Gasteiger partial charge in [-0.2, -0.15) is 0 Å². The van der Waals surface area contributed by atoms with E-state index in [4.69, 9.17) is 23.8 Å². The lowest BCUT2D eigenvalue weighted by Gasteiger charge is -2.12. The van der Waals surface area contributed by atoms with Gasteiger partial charge in [-0.1, -0.05) is 48.0 Å². The summed E-state index contributed by atoms with van der Waals surface area (Å²) < 4.78 is 0. The molecule has 0 spiro atoms. The minimum Gasteiger partial charge on any atom is -0.302 e. The Kier molecular flexibility index (Phi) is 6.91. The van der Waals surface area contributed by atoms with Crippen molar-refractivity contribution in [3.8, 4) is 0 Å². The number of rotatable bonds is 4. The molecule has 2 rings (SSSR count). The van der Waals surface area contributed by atoms with Crippen LogP contribution in [0.5, 0.6) is 0 Å². The van der Waals surface area contributed by atoms with Crippen molar-refractivity contribution in [2.24, 2.45) is 0 Å². The summed E-state index contributed by atoms with van der Waals surface area (Å²) in [7, 11) is 0. The Morgan fingerprint density at radius 1 is 1.04 bits per heavy atom. The fraction of sp³-hybridized carbons (Fsp3) is 0.167. The first kappa shape index (κ1) is 18.9. The summed E-state index contributed by atoms with van der Waals surface area (Å²) in [5.74, 6) is -0.590. The second-order valence-corrected chi connectivity index (χ2v) is 6.18.